The van der Waals surface area contributed by atoms with Gasteiger partial charge in [-0.15, -0.1) is 0 Å². The molecule has 1 aliphatic rings. The van der Waals surface area contributed by atoms with Crippen LogP contribution in [0.5, 0.6) is 11.5 Å². The molecule has 0 atom stereocenters. The van der Waals surface area contributed by atoms with E-state index >= 15 is 0 Å². The molecule has 1 aliphatic heterocycles. The summed E-state index contributed by atoms with van der Waals surface area (Å²) in [5.74, 6) is -1.82. The molecule has 2 N–H and O–H groups in total. The second-order valence-electron chi connectivity index (χ2n) is 5.81. The molecule has 1 aromatic carbocycles. The van der Waals surface area contributed by atoms with Gasteiger partial charge < -0.3 is 19.8 Å². The number of rotatable bonds is 1. The molecule has 1 amide bonds. The first-order valence-corrected chi connectivity index (χ1v) is 6.18. The molecule has 6 nitrogen and oxygen atoms in total. The molecule has 1 aromatic rings. The van der Waals surface area contributed by atoms with E-state index in [0.29, 0.717) is 5.56 Å². The zero-order valence-corrected chi connectivity index (χ0v) is 11.9. The van der Waals surface area contributed by atoms with E-state index in [-0.39, 0.29) is 29.3 Å². The number of hydrogen-bond donors (Lipinski definition) is 2. The number of hydrogen-bond acceptors (Lipinski definition) is 5. The fraction of sp³-hybridized carbons (Fsp3) is 0.429. The third-order valence-corrected chi connectivity index (χ3v) is 2.95. The van der Waals surface area contributed by atoms with Crippen LogP contribution in [0.25, 0.3) is 0 Å². The minimum absolute atomic E-state index is 0.0474. The first kappa shape index (κ1) is 14.2. The SMILES string of the molecule is CN1Cc2c(C(=O)OC(C)(C)C)c(O)cc(O)c2C1=O. The van der Waals surface area contributed by atoms with Crippen LogP contribution < -0.4 is 0 Å². The number of phenolic OH excluding ortho intramolecular Hbond substituents is 2. The van der Waals surface area contributed by atoms with Crippen molar-refractivity contribution in [3.8, 4) is 11.5 Å². The Morgan fingerprint density at radius 3 is 2.45 bits per heavy atom. The predicted octanol–water partition coefficient (Wildman–Crippen LogP) is 1.64. The normalized spacial score (nSPS) is 14.4. The number of benzene rings is 1. The van der Waals surface area contributed by atoms with Gasteiger partial charge in [-0.3, -0.25) is 4.79 Å². The van der Waals surface area contributed by atoms with Crippen LogP contribution >= 0.6 is 0 Å². The number of aromatic hydroxyl groups is 2. The van der Waals surface area contributed by atoms with Gasteiger partial charge in [-0.05, 0) is 20.8 Å². The van der Waals surface area contributed by atoms with Crippen LogP contribution in [0.1, 0.15) is 47.1 Å². The molecule has 0 bridgehead atoms. The van der Waals surface area contributed by atoms with E-state index in [1.54, 1.807) is 27.8 Å². The number of amides is 1. The van der Waals surface area contributed by atoms with Crippen molar-refractivity contribution in [3.05, 3.63) is 22.8 Å². The second-order valence-corrected chi connectivity index (χ2v) is 5.81. The summed E-state index contributed by atoms with van der Waals surface area (Å²) in [4.78, 5) is 25.5. The van der Waals surface area contributed by atoms with Crippen LogP contribution in [0.2, 0.25) is 0 Å². The average Bonchev–Trinajstić information content (AvgIpc) is 2.52. The monoisotopic (exact) mass is 279 g/mol. The third kappa shape index (κ3) is 2.29. The Morgan fingerprint density at radius 2 is 1.90 bits per heavy atom. The van der Waals surface area contributed by atoms with Crippen molar-refractivity contribution in [3.63, 3.8) is 0 Å². The molecule has 0 aliphatic carbocycles. The van der Waals surface area contributed by atoms with Crippen molar-refractivity contribution in [1.82, 2.24) is 4.90 Å². The maximum Gasteiger partial charge on any atom is 0.342 e. The van der Waals surface area contributed by atoms with Gasteiger partial charge in [0.05, 0.1) is 5.56 Å². The lowest BCUT2D eigenvalue weighted by molar-refractivity contribution is 0.00651. The Labute approximate surface area is 116 Å². The smallest absolute Gasteiger partial charge is 0.342 e. The highest BCUT2D eigenvalue weighted by molar-refractivity contribution is 6.06. The van der Waals surface area contributed by atoms with Crippen molar-refractivity contribution < 1.29 is 24.5 Å². The first-order valence-electron chi connectivity index (χ1n) is 6.18. The number of carbonyl (C=O) groups is 2. The van der Waals surface area contributed by atoms with E-state index in [0.717, 1.165) is 6.07 Å². The number of esters is 1. The Balaban J connectivity index is 2.56. The minimum Gasteiger partial charge on any atom is -0.507 e. The van der Waals surface area contributed by atoms with E-state index < -0.39 is 17.3 Å². The summed E-state index contributed by atoms with van der Waals surface area (Å²) in [7, 11) is 1.55. The highest BCUT2D eigenvalue weighted by atomic mass is 16.6. The van der Waals surface area contributed by atoms with Crippen molar-refractivity contribution in [2.45, 2.75) is 32.9 Å². The molecule has 0 saturated carbocycles. The van der Waals surface area contributed by atoms with Crippen LogP contribution in [0.4, 0.5) is 0 Å². The quantitative estimate of drug-likeness (QED) is 0.763. The zero-order valence-electron chi connectivity index (χ0n) is 11.9. The van der Waals surface area contributed by atoms with Crippen LogP contribution in [0.15, 0.2) is 6.07 Å². The molecule has 0 fully saturated rings. The van der Waals surface area contributed by atoms with Crippen molar-refractivity contribution >= 4 is 11.9 Å². The van der Waals surface area contributed by atoms with Crippen LogP contribution in [-0.2, 0) is 11.3 Å². The Kier molecular flexibility index (Phi) is 3.12. The summed E-state index contributed by atoms with van der Waals surface area (Å²) in [5, 5.41) is 19.7. The lowest BCUT2D eigenvalue weighted by atomic mass is 10.0. The van der Waals surface area contributed by atoms with Gasteiger partial charge >= 0.3 is 5.97 Å². The van der Waals surface area contributed by atoms with Gasteiger partial charge in [0.25, 0.3) is 5.91 Å². The lowest BCUT2D eigenvalue weighted by Crippen LogP contribution is -2.24. The Bertz CT molecular complexity index is 601. The molecule has 0 aromatic heterocycles. The maximum atomic E-state index is 12.2. The van der Waals surface area contributed by atoms with E-state index in [1.807, 2.05) is 0 Å². The molecule has 0 saturated heterocycles. The lowest BCUT2D eigenvalue weighted by Gasteiger charge is -2.21. The number of phenols is 2. The molecule has 108 valence electrons. The number of nitrogens with zero attached hydrogens (tertiary/aromatic N) is 1. The molecule has 0 radical (unpaired) electrons. The Hall–Kier alpha value is -2.24. The molecule has 0 spiro atoms. The van der Waals surface area contributed by atoms with Crippen molar-refractivity contribution in [2.75, 3.05) is 7.05 Å². The standard InChI is InChI=1S/C14H17NO5/c1-14(2,3)20-13(19)11-7-6-15(4)12(18)10(7)8(16)5-9(11)17/h5,16-17H,6H2,1-4H3. The summed E-state index contributed by atoms with van der Waals surface area (Å²) in [6.07, 6.45) is 0. The van der Waals surface area contributed by atoms with Crippen LogP contribution in [0.3, 0.4) is 0 Å². The zero-order chi connectivity index (χ0) is 15.2. The van der Waals surface area contributed by atoms with Gasteiger partial charge in [-0.1, -0.05) is 0 Å². The van der Waals surface area contributed by atoms with Crippen molar-refractivity contribution in [1.29, 1.82) is 0 Å². The van der Waals surface area contributed by atoms with E-state index in [2.05, 4.69) is 0 Å². The molecule has 0 unspecified atom stereocenters. The molecule has 6 heteroatoms. The van der Waals surface area contributed by atoms with Gasteiger partial charge in [-0.25, -0.2) is 4.79 Å². The predicted molar refractivity (Wildman–Crippen MR) is 70.7 cm³/mol. The van der Waals surface area contributed by atoms with E-state index in [1.165, 1.54) is 4.90 Å². The second kappa shape index (κ2) is 4.40. The van der Waals surface area contributed by atoms with E-state index in [9.17, 15) is 19.8 Å². The summed E-state index contributed by atoms with van der Waals surface area (Å²) in [6, 6.07) is 0.995. The van der Waals surface area contributed by atoms with E-state index in [4.69, 9.17) is 4.74 Å². The van der Waals surface area contributed by atoms with Gasteiger partial charge in [-0.2, -0.15) is 0 Å². The summed E-state index contributed by atoms with van der Waals surface area (Å²) in [6.45, 7) is 5.27. The summed E-state index contributed by atoms with van der Waals surface area (Å²) >= 11 is 0. The summed E-state index contributed by atoms with van der Waals surface area (Å²) in [5.41, 5.74) is -0.441. The highest BCUT2D eigenvalue weighted by Gasteiger charge is 2.35. The maximum absolute atomic E-state index is 12.2. The molecule has 1 heterocycles. The topological polar surface area (TPSA) is 87.1 Å². The number of ether oxygens (including phenoxy) is 1. The van der Waals surface area contributed by atoms with Crippen LogP contribution in [0, 0.1) is 0 Å². The van der Waals surface area contributed by atoms with Gasteiger partial charge in [0.1, 0.15) is 22.7 Å². The van der Waals surface area contributed by atoms with Gasteiger partial charge in [0.15, 0.2) is 0 Å². The van der Waals surface area contributed by atoms with Crippen LogP contribution in [-0.4, -0.2) is 39.6 Å². The molecular weight excluding hydrogens is 262 g/mol. The fourth-order valence-electron chi connectivity index (χ4n) is 2.16. The third-order valence-electron chi connectivity index (χ3n) is 2.95. The minimum atomic E-state index is -0.719. The average molecular weight is 279 g/mol. The molecular formula is C14H17NO5. The Morgan fingerprint density at radius 1 is 1.30 bits per heavy atom. The molecule has 20 heavy (non-hydrogen) atoms. The number of carbonyl (C=O) groups excluding carboxylic acids is 2. The highest BCUT2D eigenvalue weighted by Crippen LogP contribution is 2.38. The van der Waals surface area contributed by atoms with Gasteiger partial charge in [0, 0.05) is 25.2 Å². The first-order chi connectivity index (χ1) is 9.11. The molecule has 2 rings (SSSR count). The van der Waals surface area contributed by atoms with Gasteiger partial charge in [0.2, 0.25) is 0 Å². The fourth-order valence-corrected chi connectivity index (χ4v) is 2.16. The number of fused-ring (bicyclic) bond motifs is 1. The van der Waals surface area contributed by atoms with Crippen molar-refractivity contribution in [2.24, 2.45) is 0 Å². The largest absolute Gasteiger partial charge is 0.507 e. The summed E-state index contributed by atoms with van der Waals surface area (Å²) < 4.78 is 5.23.